The van der Waals surface area contributed by atoms with Crippen molar-refractivity contribution >= 4 is 17.2 Å². The van der Waals surface area contributed by atoms with Gasteiger partial charge in [-0.3, -0.25) is 0 Å². The zero-order valence-electron chi connectivity index (χ0n) is 12.0. The van der Waals surface area contributed by atoms with E-state index in [9.17, 15) is 13.2 Å². The molecule has 0 N–H and O–H groups in total. The van der Waals surface area contributed by atoms with Gasteiger partial charge in [0.05, 0.1) is 6.33 Å². The Kier molecular flexibility index (Phi) is 3.51. The zero-order valence-corrected chi connectivity index (χ0v) is 12.0. The van der Waals surface area contributed by atoms with Crippen LogP contribution >= 0.6 is 0 Å². The molecule has 0 spiro atoms. The van der Waals surface area contributed by atoms with Crippen molar-refractivity contribution in [1.29, 1.82) is 0 Å². The van der Waals surface area contributed by atoms with Crippen LogP contribution in [0, 0.1) is 0 Å². The maximum absolute atomic E-state index is 12.2. The first-order valence-electron chi connectivity index (χ1n) is 6.55. The van der Waals surface area contributed by atoms with Crippen molar-refractivity contribution in [2.24, 2.45) is 7.05 Å². The summed E-state index contributed by atoms with van der Waals surface area (Å²) in [7, 11) is 1.79. The van der Waals surface area contributed by atoms with Crippen molar-refractivity contribution in [2.75, 3.05) is 0 Å². The molecule has 1 aromatic carbocycles. The van der Waals surface area contributed by atoms with Crippen molar-refractivity contribution in [2.45, 2.75) is 6.36 Å². The molecule has 0 aliphatic rings. The van der Waals surface area contributed by atoms with Gasteiger partial charge < -0.3 is 9.30 Å². The summed E-state index contributed by atoms with van der Waals surface area (Å²) >= 11 is 0. The number of alkyl halides is 3. The summed E-state index contributed by atoms with van der Waals surface area (Å²) in [4.78, 5) is 12.9. The van der Waals surface area contributed by atoms with Crippen LogP contribution in [0.15, 0.2) is 37.2 Å². The number of fused-ring (bicyclic) bond motifs is 1. The number of hydrogen-bond acceptors (Lipinski definition) is 4. The van der Waals surface area contributed by atoms with Gasteiger partial charge in [0.2, 0.25) is 0 Å². The van der Waals surface area contributed by atoms with Gasteiger partial charge in [-0.15, -0.1) is 13.2 Å². The molecule has 0 saturated heterocycles. The molecule has 0 aliphatic heterocycles. The van der Waals surface area contributed by atoms with Crippen molar-refractivity contribution in [3.8, 4) is 17.0 Å². The maximum Gasteiger partial charge on any atom is 0.573 e. The number of aryl methyl sites for hydroxylation is 1. The van der Waals surface area contributed by atoms with Crippen LogP contribution in [-0.4, -0.2) is 25.9 Å². The second kappa shape index (κ2) is 5.38. The number of ether oxygens (including phenoxy) is 1. The molecule has 118 valence electrons. The van der Waals surface area contributed by atoms with E-state index in [0.717, 1.165) is 0 Å². The van der Waals surface area contributed by atoms with Gasteiger partial charge in [0, 0.05) is 12.6 Å². The van der Waals surface area contributed by atoms with Gasteiger partial charge in [0.15, 0.2) is 11.5 Å². The molecule has 0 saturated carbocycles. The lowest BCUT2D eigenvalue weighted by atomic mass is 10.1. The molecule has 0 amide bonds. The van der Waals surface area contributed by atoms with Crippen LogP contribution in [0.3, 0.4) is 0 Å². The Hall–Kier alpha value is -2.90. The SMILES string of the molecule is C=Cc1nc(-c2ccc(OC(F)(F)F)cc2)c2ncn(C)c2n1. The molecule has 5 nitrogen and oxygen atoms in total. The Labute approximate surface area is 129 Å². The molecule has 0 atom stereocenters. The summed E-state index contributed by atoms with van der Waals surface area (Å²) in [6, 6.07) is 5.44. The fourth-order valence-corrected chi connectivity index (χ4v) is 2.13. The summed E-state index contributed by atoms with van der Waals surface area (Å²) in [5.74, 6) is 0.114. The smallest absolute Gasteiger partial charge is 0.406 e. The van der Waals surface area contributed by atoms with Crippen LogP contribution in [0.1, 0.15) is 5.82 Å². The number of hydrogen-bond donors (Lipinski definition) is 0. The van der Waals surface area contributed by atoms with Crippen LogP contribution in [-0.2, 0) is 7.05 Å². The van der Waals surface area contributed by atoms with Gasteiger partial charge in [0.1, 0.15) is 17.0 Å². The van der Waals surface area contributed by atoms with E-state index < -0.39 is 6.36 Å². The summed E-state index contributed by atoms with van der Waals surface area (Å²) in [6.07, 6.45) is -1.63. The minimum absolute atomic E-state index is 0.295. The molecule has 23 heavy (non-hydrogen) atoms. The molecule has 0 fully saturated rings. The molecule has 0 unspecified atom stereocenters. The minimum atomic E-state index is -4.72. The average molecular weight is 320 g/mol. The summed E-state index contributed by atoms with van der Waals surface area (Å²) in [6.45, 7) is 3.64. The molecule has 0 radical (unpaired) electrons. The Bertz CT molecular complexity index is 869. The molecule has 3 rings (SSSR count). The van der Waals surface area contributed by atoms with E-state index in [1.54, 1.807) is 17.9 Å². The maximum atomic E-state index is 12.2. The molecule has 0 aliphatic carbocycles. The third-order valence-electron chi connectivity index (χ3n) is 3.12. The van der Waals surface area contributed by atoms with Gasteiger partial charge >= 0.3 is 6.36 Å². The van der Waals surface area contributed by atoms with Crippen LogP contribution < -0.4 is 4.74 Å². The summed E-state index contributed by atoms with van der Waals surface area (Å²) in [5, 5.41) is 0. The minimum Gasteiger partial charge on any atom is -0.406 e. The normalized spacial score (nSPS) is 11.7. The van der Waals surface area contributed by atoms with Gasteiger partial charge in [-0.1, -0.05) is 6.58 Å². The van der Waals surface area contributed by atoms with Crippen LogP contribution in [0.25, 0.3) is 28.5 Å². The van der Waals surface area contributed by atoms with Crippen molar-refractivity contribution in [3.63, 3.8) is 0 Å². The lowest BCUT2D eigenvalue weighted by molar-refractivity contribution is -0.274. The largest absolute Gasteiger partial charge is 0.573 e. The monoisotopic (exact) mass is 320 g/mol. The molecular formula is C15H11F3N4O. The van der Waals surface area contributed by atoms with E-state index in [4.69, 9.17) is 0 Å². The third kappa shape index (κ3) is 3.01. The fraction of sp³-hybridized carbons (Fsp3) is 0.133. The molecule has 8 heteroatoms. The molecule has 2 aromatic heterocycles. The van der Waals surface area contributed by atoms with E-state index in [-0.39, 0.29) is 5.75 Å². The highest BCUT2D eigenvalue weighted by Gasteiger charge is 2.31. The van der Waals surface area contributed by atoms with E-state index in [0.29, 0.717) is 28.2 Å². The topological polar surface area (TPSA) is 52.8 Å². The van der Waals surface area contributed by atoms with Gasteiger partial charge in [0.25, 0.3) is 0 Å². The Morgan fingerprint density at radius 2 is 1.87 bits per heavy atom. The van der Waals surface area contributed by atoms with Crippen molar-refractivity contribution < 1.29 is 17.9 Å². The van der Waals surface area contributed by atoms with Crippen LogP contribution in [0.4, 0.5) is 13.2 Å². The molecule has 3 aromatic rings. The molecular weight excluding hydrogens is 309 g/mol. The Balaban J connectivity index is 2.07. The van der Waals surface area contributed by atoms with Crippen molar-refractivity contribution in [1.82, 2.24) is 19.5 Å². The number of imidazole rings is 1. The number of rotatable bonds is 3. The summed E-state index contributed by atoms with van der Waals surface area (Å²) < 4.78 is 42.2. The molecule has 0 bridgehead atoms. The predicted molar refractivity (Wildman–Crippen MR) is 78.5 cm³/mol. The highest BCUT2D eigenvalue weighted by Crippen LogP contribution is 2.28. The quantitative estimate of drug-likeness (QED) is 0.740. The van der Waals surface area contributed by atoms with Crippen molar-refractivity contribution in [3.05, 3.63) is 43.0 Å². The number of aromatic nitrogens is 4. The lowest BCUT2D eigenvalue weighted by Gasteiger charge is -2.09. The van der Waals surface area contributed by atoms with E-state index in [1.165, 1.54) is 30.3 Å². The number of benzene rings is 1. The molecule has 2 heterocycles. The first kappa shape index (κ1) is 15.0. The highest BCUT2D eigenvalue weighted by molar-refractivity contribution is 5.88. The predicted octanol–water partition coefficient (Wildman–Crippen LogP) is 3.57. The summed E-state index contributed by atoms with van der Waals surface area (Å²) in [5.41, 5.74) is 2.29. The van der Waals surface area contributed by atoms with E-state index >= 15 is 0 Å². The zero-order chi connectivity index (χ0) is 16.6. The third-order valence-corrected chi connectivity index (χ3v) is 3.12. The second-order valence-electron chi connectivity index (χ2n) is 4.73. The average Bonchev–Trinajstić information content (AvgIpc) is 2.87. The van der Waals surface area contributed by atoms with Crippen LogP contribution in [0.5, 0.6) is 5.75 Å². The number of nitrogens with zero attached hydrogens (tertiary/aromatic N) is 4. The van der Waals surface area contributed by atoms with E-state index in [1.807, 2.05) is 0 Å². The van der Waals surface area contributed by atoms with Crippen LogP contribution in [0.2, 0.25) is 0 Å². The second-order valence-corrected chi connectivity index (χ2v) is 4.73. The first-order valence-corrected chi connectivity index (χ1v) is 6.55. The fourth-order valence-electron chi connectivity index (χ4n) is 2.13. The van der Waals surface area contributed by atoms with Gasteiger partial charge in [-0.25, -0.2) is 15.0 Å². The number of halogens is 3. The first-order chi connectivity index (χ1) is 10.9. The van der Waals surface area contributed by atoms with Gasteiger partial charge in [-0.2, -0.15) is 0 Å². The van der Waals surface area contributed by atoms with E-state index in [2.05, 4.69) is 26.3 Å². The Morgan fingerprint density at radius 1 is 1.17 bits per heavy atom. The standard InChI is InChI=1S/C15H11F3N4O/c1-3-11-20-12(13-14(21-11)22(2)8-19-13)9-4-6-10(7-5-9)23-15(16,17)18/h3-8H,1H2,2H3. The van der Waals surface area contributed by atoms with Gasteiger partial charge in [-0.05, 0) is 30.3 Å². The Morgan fingerprint density at radius 3 is 2.48 bits per heavy atom. The lowest BCUT2D eigenvalue weighted by Crippen LogP contribution is -2.16. The highest BCUT2D eigenvalue weighted by atomic mass is 19.4.